The summed E-state index contributed by atoms with van der Waals surface area (Å²) < 4.78 is 18.7. The fourth-order valence-electron chi connectivity index (χ4n) is 2.72. The molecule has 0 aliphatic heterocycles. The normalized spacial score (nSPS) is 10.5. The minimum atomic E-state index is -0.239. The molecule has 0 aliphatic carbocycles. The summed E-state index contributed by atoms with van der Waals surface area (Å²) in [4.78, 5) is 0. The van der Waals surface area contributed by atoms with Gasteiger partial charge in [0.2, 0.25) is 0 Å². The first-order chi connectivity index (χ1) is 13.7. The van der Waals surface area contributed by atoms with E-state index in [0.717, 1.165) is 22.3 Å². The SMILES string of the molecule is Fc1ccc(CNC(=S)NCc2cccc(COCc3ccccc3)c2)cc1. The van der Waals surface area contributed by atoms with Crippen molar-refractivity contribution in [3.05, 3.63) is 107 Å². The summed E-state index contributed by atoms with van der Waals surface area (Å²) in [5.74, 6) is -0.239. The Morgan fingerprint density at radius 2 is 1.32 bits per heavy atom. The molecule has 0 saturated heterocycles. The Labute approximate surface area is 170 Å². The molecule has 3 nitrogen and oxygen atoms in total. The molecular formula is C23H23FN2OS. The van der Waals surface area contributed by atoms with Gasteiger partial charge in [-0.05, 0) is 46.6 Å². The molecular weight excluding hydrogens is 371 g/mol. The molecule has 0 aliphatic rings. The zero-order valence-corrected chi connectivity index (χ0v) is 16.3. The third-order valence-corrected chi connectivity index (χ3v) is 4.48. The van der Waals surface area contributed by atoms with E-state index >= 15 is 0 Å². The molecule has 0 bridgehead atoms. The second kappa shape index (κ2) is 10.5. The molecule has 0 radical (unpaired) electrons. The van der Waals surface area contributed by atoms with Crippen LogP contribution in [-0.2, 0) is 31.0 Å². The van der Waals surface area contributed by atoms with Crippen LogP contribution in [0, 0.1) is 5.82 Å². The van der Waals surface area contributed by atoms with Crippen molar-refractivity contribution in [3.8, 4) is 0 Å². The topological polar surface area (TPSA) is 33.3 Å². The summed E-state index contributed by atoms with van der Waals surface area (Å²) in [7, 11) is 0. The van der Waals surface area contributed by atoms with Crippen LogP contribution in [0.4, 0.5) is 4.39 Å². The highest BCUT2D eigenvalue weighted by molar-refractivity contribution is 7.80. The number of hydrogen-bond donors (Lipinski definition) is 2. The second-order valence-electron chi connectivity index (χ2n) is 6.46. The lowest BCUT2D eigenvalue weighted by Gasteiger charge is -2.12. The van der Waals surface area contributed by atoms with E-state index in [-0.39, 0.29) is 5.82 Å². The summed E-state index contributed by atoms with van der Waals surface area (Å²) in [5, 5.41) is 6.89. The monoisotopic (exact) mass is 394 g/mol. The van der Waals surface area contributed by atoms with Crippen molar-refractivity contribution in [1.82, 2.24) is 10.6 Å². The van der Waals surface area contributed by atoms with E-state index in [4.69, 9.17) is 17.0 Å². The van der Waals surface area contributed by atoms with E-state index in [1.54, 1.807) is 12.1 Å². The van der Waals surface area contributed by atoms with Crippen molar-refractivity contribution in [3.63, 3.8) is 0 Å². The minimum Gasteiger partial charge on any atom is -0.372 e. The van der Waals surface area contributed by atoms with Crippen molar-refractivity contribution in [1.29, 1.82) is 0 Å². The van der Waals surface area contributed by atoms with Crippen LogP contribution in [0.5, 0.6) is 0 Å². The quantitative estimate of drug-likeness (QED) is 0.542. The van der Waals surface area contributed by atoms with E-state index < -0.39 is 0 Å². The predicted molar refractivity (Wildman–Crippen MR) is 114 cm³/mol. The number of halogens is 1. The molecule has 0 unspecified atom stereocenters. The average molecular weight is 395 g/mol. The number of nitrogens with one attached hydrogen (secondary N) is 2. The fourth-order valence-corrected chi connectivity index (χ4v) is 2.86. The fraction of sp³-hybridized carbons (Fsp3) is 0.174. The average Bonchev–Trinajstić information content (AvgIpc) is 2.73. The van der Waals surface area contributed by atoms with Crippen LogP contribution in [-0.4, -0.2) is 5.11 Å². The van der Waals surface area contributed by atoms with Crippen LogP contribution in [0.3, 0.4) is 0 Å². The molecule has 28 heavy (non-hydrogen) atoms. The molecule has 0 spiro atoms. The Kier molecular flexibility index (Phi) is 7.53. The molecule has 144 valence electrons. The molecule has 0 aromatic heterocycles. The van der Waals surface area contributed by atoms with E-state index in [1.807, 2.05) is 24.3 Å². The minimum absolute atomic E-state index is 0.239. The molecule has 0 amide bonds. The van der Waals surface area contributed by atoms with Crippen LogP contribution in [0.1, 0.15) is 22.3 Å². The maximum Gasteiger partial charge on any atom is 0.166 e. The van der Waals surface area contributed by atoms with E-state index in [1.165, 1.54) is 12.1 Å². The van der Waals surface area contributed by atoms with Gasteiger partial charge in [-0.1, -0.05) is 66.7 Å². The van der Waals surface area contributed by atoms with Crippen LogP contribution in [0.2, 0.25) is 0 Å². The number of ether oxygens (including phenoxy) is 1. The Balaban J connectivity index is 1.41. The van der Waals surface area contributed by atoms with Gasteiger partial charge in [-0.3, -0.25) is 0 Å². The first-order valence-electron chi connectivity index (χ1n) is 9.15. The highest BCUT2D eigenvalue weighted by Crippen LogP contribution is 2.09. The predicted octanol–water partition coefficient (Wildman–Crippen LogP) is 4.71. The maximum atomic E-state index is 12.9. The summed E-state index contributed by atoms with van der Waals surface area (Å²) in [6, 6.07) is 24.7. The van der Waals surface area contributed by atoms with Gasteiger partial charge in [0.05, 0.1) is 13.2 Å². The molecule has 3 aromatic carbocycles. The van der Waals surface area contributed by atoms with Gasteiger partial charge in [-0.2, -0.15) is 0 Å². The lowest BCUT2D eigenvalue weighted by molar-refractivity contribution is 0.107. The smallest absolute Gasteiger partial charge is 0.166 e. The molecule has 0 fully saturated rings. The second-order valence-corrected chi connectivity index (χ2v) is 6.87. The Morgan fingerprint density at radius 3 is 2.07 bits per heavy atom. The highest BCUT2D eigenvalue weighted by Gasteiger charge is 2.01. The first kappa shape index (κ1) is 20.0. The Bertz CT molecular complexity index is 885. The Morgan fingerprint density at radius 1 is 0.714 bits per heavy atom. The number of thiocarbonyl (C=S) groups is 1. The lowest BCUT2D eigenvalue weighted by atomic mass is 10.1. The number of rotatable bonds is 8. The molecule has 0 heterocycles. The van der Waals surface area contributed by atoms with Gasteiger partial charge in [0, 0.05) is 13.1 Å². The van der Waals surface area contributed by atoms with Gasteiger partial charge in [0.25, 0.3) is 0 Å². The van der Waals surface area contributed by atoms with Crippen molar-refractivity contribution < 1.29 is 9.13 Å². The zero-order valence-electron chi connectivity index (χ0n) is 15.5. The van der Waals surface area contributed by atoms with Gasteiger partial charge < -0.3 is 15.4 Å². The molecule has 2 N–H and O–H groups in total. The molecule has 3 rings (SSSR count). The molecule has 0 atom stereocenters. The standard InChI is InChI=1S/C23H23FN2OS/c24-22-11-9-18(10-12-22)14-25-23(28)26-15-20-7-4-8-21(13-20)17-27-16-19-5-2-1-3-6-19/h1-13H,14-17H2,(H2,25,26,28). The van der Waals surface area contributed by atoms with Gasteiger partial charge in [0.1, 0.15) is 5.82 Å². The highest BCUT2D eigenvalue weighted by atomic mass is 32.1. The molecule has 0 saturated carbocycles. The number of benzene rings is 3. The molecule has 5 heteroatoms. The van der Waals surface area contributed by atoms with Gasteiger partial charge in [-0.25, -0.2) is 4.39 Å². The van der Waals surface area contributed by atoms with Crippen molar-refractivity contribution in [2.45, 2.75) is 26.3 Å². The maximum absolute atomic E-state index is 12.9. The third kappa shape index (κ3) is 6.76. The first-order valence-corrected chi connectivity index (χ1v) is 9.55. The summed E-state index contributed by atoms with van der Waals surface area (Å²) >= 11 is 5.31. The van der Waals surface area contributed by atoms with Crippen molar-refractivity contribution >= 4 is 17.3 Å². The van der Waals surface area contributed by atoms with Crippen LogP contribution >= 0.6 is 12.2 Å². The van der Waals surface area contributed by atoms with Crippen LogP contribution in [0.15, 0.2) is 78.9 Å². The van der Waals surface area contributed by atoms with Crippen LogP contribution < -0.4 is 10.6 Å². The summed E-state index contributed by atoms with van der Waals surface area (Å²) in [6.07, 6.45) is 0. The van der Waals surface area contributed by atoms with Crippen molar-refractivity contribution in [2.24, 2.45) is 0 Å². The van der Waals surface area contributed by atoms with Gasteiger partial charge in [-0.15, -0.1) is 0 Å². The van der Waals surface area contributed by atoms with Gasteiger partial charge >= 0.3 is 0 Å². The largest absolute Gasteiger partial charge is 0.372 e. The molecule has 3 aromatic rings. The van der Waals surface area contributed by atoms with Crippen molar-refractivity contribution in [2.75, 3.05) is 0 Å². The Hall–Kier alpha value is -2.76. The van der Waals surface area contributed by atoms with E-state index in [0.29, 0.717) is 31.4 Å². The lowest BCUT2D eigenvalue weighted by Crippen LogP contribution is -2.34. The van der Waals surface area contributed by atoms with E-state index in [9.17, 15) is 4.39 Å². The zero-order chi connectivity index (χ0) is 19.6. The van der Waals surface area contributed by atoms with Crippen LogP contribution in [0.25, 0.3) is 0 Å². The summed E-state index contributed by atoms with van der Waals surface area (Å²) in [5.41, 5.74) is 4.40. The number of hydrogen-bond acceptors (Lipinski definition) is 2. The third-order valence-electron chi connectivity index (χ3n) is 4.19. The van der Waals surface area contributed by atoms with Gasteiger partial charge in [0.15, 0.2) is 5.11 Å². The van der Waals surface area contributed by atoms with E-state index in [2.05, 4.69) is 41.0 Å². The summed E-state index contributed by atoms with van der Waals surface area (Å²) in [6.45, 7) is 2.35.